The highest BCUT2D eigenvalue weighted by Crippen LogP contribution is 2.40. The van der Waals surface area contributed by atoms with Crippen molar-refractivity contribution in [3.63, 3.8) is 0 Å². The van der Waals surface area contributed by atoms with Crippen LogP contribution in [-0.4, -0.2) is 72.6 Å². The number of nitrogens with one attached hydrogen (secondary N) is 1. The van der Waals surface area contributed by atoms with Gasteiger partial charge in [0.2, 0.25) is 0 Å². The predicted octanol–water partition coefficient (Wildman–Crippen LogP) is 6.12. The molecule has 1 aliphatic rings. The van der Waals surface area contributed by atoms with Crippen LogP contribution in [0.4, 0.5) is 5.69 Å². The third-order valence-electron chi connectivity index (χ3n) is 6.82. The van der Waals surface area contributed by atoms with Crippen molar-refractivity contribution in [3.05, 3.63) is 90.8 Å². The van der Waals surface area contributed by atoms with E-state index in [9.17, 15) is 13.9 Å². The molecule has 0 unspecified atom stereocenters. The summed E-state index contributed by atoms with van der Waals surface area (Å²) in [6, 6.07) is 24.5. The van der Waals surface area contributed by atoms with E-state index >= 15 is 0 Å². The highest BCUT2D eigenvalue weighted by Gasteiger charge is 2.22. The number of pyridine rings is 2. The molecular weight excluding hydrogens is 558 g/mol. The summed E-state index contributed by atoms with van der Waals surface area (Å²) in [5, 5.41) is 3.79. The molecule has 3 aromatic heterocycles. The number of aromatic nitrogens is 3. The van der Waals surface area contributed by atoms with Crippen molar-refractivity contribution >= 4 is 43.9 Å². The largest absolute Gasteiger partial charge is 0.492 e. The standard InChI is InChI=1S/C30H29N5O4S2/c36-28(33-24-10-5-4-9-23(24)29-34-25-11-6-12-31-30(25)40-29)27-20-22(19-26(32-27)21-7-2-1-3-8-21)39-16-13-35-14-17-41(37,38)18-15-35/h1-12,19-20,37-38H,13-18H2,(H,33,36). The Morgan fingerprint density at radius 1 is 0.976 bits per heavy atom. The van der Waals surface area contributed by atoms with Crippen LogP contribution in [0.25, 0.3) is 32.2 Å². The molecular formula is C30H29N5O4S2. The Morgan fingerprint density at radius 2 is 1.76 bits per heavy atom. The second-order valence-electron chi connectivity index (χ2n) is 9.69. The highest BCUT2D eigenvalue weighted by molar-refractivity contribution is 8.24. The number of hydrogen-bond acceptors (Lipinski definition) is 9. The van der Waals surface area contributed by atoms with E-state index in [0.29, 0.717) is 54.9 Å². The molecule has 0 radical (unpaired) electrons. The van der Waals surface area contributed by atoms with E-state index in [-0.39, 0.29) is 11.6 Å². The predicted molar refractivity (Wildman–Crippen MR) is 165 cm³/mol. The third-order valence-corrected chi connectivity index (χ3v) is 9.50. The Morgan fingerprint density at radius 3 is 2.56 bits per heavy atom. The molecule has 2 aromatic carbocycles. The maximum Gasteiger partial charge on any atom is 0.274 e. The average molecular weight is 588 g/mol. The molecule has 0 saturated carbocycles. The van der Waals surface area contributed by atoms with Gasteiger partial charge in [-0.3, -0.25) is 18.8 Å². The lowest BCUT2D eigenvalue weighted by Crippen LogP contribution is -2.40. The molecule has 3 N–H and O–H groups in total. The zero-order valence-electron chi connectivity index (χ0n) is 22.1. The topological polar surface area (TPSA) is 121 Å². The van der Waals surface area contributed by atoms with Crippen LogP contribution in [0.3, 0.4) is 0 Å². The van der Waals surface area contributed by atoms with Gasteiger partial charge < -0.3 is 10.1 Å². The van der Waals surface area contributed by atoms with Gasteiger partial charge in [-0.1, -0.05) is 53.8 Å². The first-order valence-corrected chi connectivity index (χ1v) is 15.9. The fraction of sp³-hybridized carbons (Fsp3) is 0.200. The van der Waals surface area contributed by atoms with Crippen molar-refractivity contribution in [2.45, 2.75) is 0 Å². The minimum atomic E-state index is -2.44. The molecule has 6 rings (SSSR count). The number of carbonyl (C=O) groups excluding carboxylic acids is 1. The summed E-state index contributed by atoms with van der Waals surface area (Å²) < 4.78 is 25.8. The first kappa shape index (κ1) is 27.3. The van der Waals surface area contributed by atoms with Crippen LogP contribution in [0.15, 0.2) is 85.1 Å². The molecule has 210 valence electrons. The number of para-hydroxylation sites is 1. The summed E-state index contributed by atoms with van der Waals surface area (Å²) in [5.74, 6) is 0.954. The molecule has 0 aliphatic carbocycles. The van der Waals surface area contributed by atoms with Crippen LogP contribution in [0.2, 0.25) is 0 Å². The normalized spacial score (nSPS) is 15.9. The number of carbonyl (C=O) groups is 1. The number of thiazole rings is 1. The van der Waals surface area contributed by atoms with Crippen LogP contribution < -0.4 is 10.1 Å². The molecule has 0 atom stereocenters. The average Bonchev–Trinajstić information content (AvgIpc) is 3.43. The first-order chi connectivity index (χ1) is 19.9. The highest BCUT2D eigenvalue weighted by atomic mass is 32.3. The van der Waals surface area contributed by atoms with Crippen molar-refractivity contribution in [2.24, 2.45) is 0 Å². The molecule has 0 spiro atoms. The van der Waals surface area contributed by atoms with Crippen LogP contribution >= 0.6 is 21.9 Å². The second kappa shape index (κ2) is 11.9. The fourth-order valence-electron chi connectivity index (χ4n) is 4.59. The van der Waals surface area contributed by atoms with Gasteiger partial charge in [-0.05, 0) is 24.3 Å². The van der Waals surface area contributed by atoms with Gasteiger partial charge in [0.15, 0.2) is 0 Å². The molecule has 4 heterocycles. The summed E-state index contributed by atoms with van der Waals surface area (Å²) in [4.78, 5) is 30.3. The van der Waals surface area contributed by atoms with E-state index in [1.54, 1.807) is 12.3 Å². The van der Waals surface area contributed by atoms with Crippen LogP contribution in [0, 0.1) is 0 Å². The quantitative estimate of drug-likeness (QED) is 0.199. The fourth-order valence-corrected chi connectivity index (χ4v) is 6.84. The maximum atomic E-state index is 13.6. The number of benzene rings is 2. The van der Waals surface area contributed by atoms with Gasteiger partial charge in [0.25, 0.3) is 5.91 Å². The Balaban J connectivity index is 1.23. The lowest BCUT2D eigenvalue weighted by atomic mass is 10.1. The van der Waals surface area contributed by atoms with Crippen molar-refractivity contribution in [1.29, 1.82) is 0 Å². The molecule has 11 heteroatoms. The summed E-state index contributed by atoms with van der Waals surface area (Å²) >= 11 is 1.47. The number of nitrogens with zero attached hydrogens (tertiary/aromatic N) is 4. The maximum absolute atomic E-state index is 13.6. The van der Waals surface area contributed by atoms with E-state index in [1.165, 1.54) is 11.3 Å². The zero-order valence-corrected chi connectivity index (χ0v) is 23.8. The Labute approximate surface area is 243 Å². The number of fused-ring (bicyclic) bond motifs is 1. The van der Waals surface area contributed by atoms with Crippen LogP contribution in [-0.2, 0) is 0 Å². The molecule has 1 saturated heterocycles. The minimum absolute atomic E-state index is 0.231. The number of anilines is 1. The third kappa shape index (κ3) is 6.55. The lowest BCUT2D eigenvalue weighted by molar-refractivity contribution is 0.102. The Bertz CT molecular complexity index is 1640. The Hall–Kier alpha value is -3.87. The molecule has 9 nitrogen and oxygen atoms in total. The van der Waals surface area contributed by atoms with Crippen LogP contribution in [0.5, 0.6) is 5.75 Å². The first-order valence-electron chi connectivity index (χ1n) is 13.2. The number of amides is 1. The van der Waals surface area contributed by atoms with E-state index in [4.69, 9.17) is 9.72 Å². The summed E-state index contributed by atoms with van der Waals surface area (Å²) in [5.41, 5.74) is 3.97. The summed E-state index contributed by atoms with van der Waals surface area (Å²) in [6.45, 7) is 2.28. The number of hydrogen-bond donors (Lipinski definition) is 3. The van der Waals surface area contributed by atoms with Crippen molar-refractivity contribution in [1.82, 2.24) is 19.9 Å². The van der Waals surface area contributed by atoms with Crippen molar-refractivity contribution < 1.29 is 18.6 Å². The number of rotatable bonds is 8. The summed E-state index contributed by atoms with van der Waals surface area (Å²) in [6.07, 6.45) is 1.74. The molecule has 5 aromatic rings. The molecule has 1 fully saturated rings. The molecule has 1 amide bonds. The number of ether oxygens (including phenoxy) is 1. The van der Waals surface area contributed by atoms with Crippen molar-refractivity contribution in [3.8, 4) is 27.6 Å². The minimum Gasteiger partial charge on any atom is -0.492 e. The molecule has 41 heavy (non-hydrogen) atoms. The van der Waals surface area contributed by atoms with Crippen LogP contribution in [0.1, 0.15) is 10.5 Å². The molecule has 0 bridgehead atoms. The van der Waals surface area contributed by atoms with Gasteiger partial charge in [-0.25, -0.2) is 15.0 Å². The van der Waals surface area contributed by atoms with E-state index < -0.39 is 10.6 Å². The SMILES string of the molecule is O=C(Nc1ccccc1-c1nc2cccnc2s1)c1cc(OCCN2CCS(O)(O)CC2)cc(-c2ccccc2)n1. The lowest BCUT2D eigenvalue weighted by Gasteiger charge is -2.40. The molecule has 1 aliphatic heterocycles. The van der Waals surface area contributed by atoms with Gasteiger partial charge in [0.1, 0.15) is 33.4 Å². The monoisotopic (exact) mass is 587 g/mol. The van der Waals surface area contributed by atoms with Crippen molar-refractivity contribution in [2.75, 3.05) is 43.1 Å². The van der Waals surface area contributed by atoms with Gasteiger partial charge in [0, 0.05) is 49.1 Å². The van der Waals surface area contributed by atoms with E-state index in [0.717, 1.165) is 26.5 Å². The smallest absolute Gasteiger partial charge is 0.274 e. The Kier molecular flexibility index (Phi) is 7.95. The van der Waals surface area contributed by atoms with E-state index in [1.807, 2.05) is 72.8 Å². The second-order valence-corrected chi connectivity index (χ2v) is 13.1. The summed E-state index contributed by atoms with van der Waals surface area (Å²) in [7, 11) is -2.44. The van der Waals surface area contributed by atoms with Gasteiger partial charge >= 0.3 is 0 Å². The van der Waals surface area contributed by atoms with Gasteiger partial charge in [-0.15, -0.1) is 0 Å². The van der Waals surface area contributed by atoms with E-state index in [2.05, 4.69) is 20.2 Å². The zero-order chi connectivity index (χ0) is 28.2. The van der Waals surface area contributed by atoms with Gasteiger partial charge in [-0.2, -0.15) is 10.6 Å². The van der Waals surface area contributed by atoms with Gasteiger partial charge in [0.05, 0.1) is 22.9 Å².